The third-order valence-corrected chi connectivity index (χ3v) is 2.80. The van der Waals surface area contributed by atoms with Gasteiger partial charge in [-0.15, -0.1) is 0 Å². The fourth-order valence-electron chi connectivity index (χ4n) is 1.65. The largest absolute Gasteiger partial charge is 0.497 e. The van der Waals surface area contributed by atoms with Crippen LogP contribution in [-0.2, 0) is 4.79 Å². The van der Waals surface area contributed by atoms with Crippen molar-refractivity contribution >= 4 is 11.9 Å². The first-order valence-electron chi connectivity index (χ1n) is 6.26. The zero-order chi connectivity index (χ0) is 14.3. The fraction of sp³-hybridized carbons (Fsp3) is 0.429. The molecule has 0 saturated carbocycles. The van der Waals surface area contributed by atoms with Crippen molar-refractivity contribution in [1.82, 2.24) is 5.32 Å². The van der Waals surface area contributed by atoms with E-state index in [1.165, 1.54) is 0 Å². The van der Waals surface area contributed by atoms with Gasteiger partial charge in [0.05, 0.1) is 7.11 Å². The van der Waals surface area contributed by atoms with Gasteiger partial charge in [-0.2, -0.15) is 0 Å². The van der Waals surface area contributed by atoms with Crippen LogP contribution in [0.2, 0.25) is 0 Å². The number of ether oxygens (including phenoxy) is 1. The first kappa shape index (κ1) is 15.0. The quantitative estimate of drug-likeness (QED) is 0.791. The molecule has 0 saturated heterocycles. The molecule has 0 aliphatic heterocycles. The number of carboxylic acids is 1. The van der Waals surface area contributed by atoms with Crippen molar-refractivity contribution in [2.75, 3.05) is 7.11 Å². The van der Waals surface area contributed by atoms with E-state index in [-0.39, 0.29) is 5.91 Å². The van der Waals surface area contributed by atoms with Crippen LogP contribution >= 0.6 is 0 Å². The topological polar surface area (TPSA) is 75.6 Å². The molecular formula is C14H19NO4. The Hall–Kier alpha value is -2.04. The van der Waals surface area contributed by atoms with Crippen molar-refractivity contribution in [3.63, 3.8) is 0 Å². The number of carbonyl (C=O) groups excluding carboxylic acids is 1. The van der Waals surface area contributed by atoms with E-state index in [0.29, 0.717) is 17.7 Å². The maximum Gasteiger partial charge on any atom is 0.326 e. The Balaban J connectivity index is 2.67. The molecular weight excluding hydrogens is 246 g/mol. The van der Waals surface area contributed by atoms with E-state index < -0.39 is 12.0 Å². The summed E-state index contributed by atoms with van der Waals surface area (Å²) in [6.45, 7) is 1.98. The smallest absolute Gasteiger partial charge is 0.326 e. The molecule has 0 unspecified atom stereocenters. The van der Waals surface area contributed by atoms with Gasteiger partial charge < -0.3 is 15.2 Å². The second-order valence-electron chi connectivity index (χ2n) is 4.24. The summed E-state index contributed by atoms with van der Waals surface area (Å²) in [7, 11) is 1.54. The molecule has 0 aromatic heterocycles. The molecule has 1 aromatic carbocycles. The van der Waals surface area contributed by atoms with Gasteiger partial charge in [0.2, 0.25) is 0 Å². The van der Waals surface area contributed by atoms with Gasteiger partial charge in [0, 0.05) is 5.56 Å². The molecule has 5 nitrogen and oxygen atoms in total. The molecule has 0 spiro atoms. The minimum atomic E-state index is -1.00. The predicted molar refractivity (Wildman–Crippen MR) is 71.4 cm³/mol. The minimum Gasteiger partial charge on any atom is -0.497 e. The molecule has 1 amide bonds. The number of nitrogens with one attached hydrogen (secondary N) is 1. The van der Waals surface area contributed by atoms with Crippen LogP contribution in [0.1, 0.15) is 36.5 Å². The summed E-state index contributed by atoms with van der Waals surface area (Å²) >= 11 is 0. The van der Waals surface area contributed by atoms with Gasteiger partial charge in [0.25, 0.3) is 5.91 Å². The molecule has 1 aromatic rings. The summed E-state index contributed by atoms with van der Waals surface area (Å²) in [4.78, 5) is 22.9. The van der Waals surface area contributed by atoms with Gasteiger partial charge in [-0.05, 0) is 30.7 Å². The molecule has 1 atom stereocenters. The number of amides is 1. The average Bonchev–Trinajstić information content (AvgIpc) is 2.43. The number of carboxylic acid groups (broad SMARTS) is 1. The highest BCUT2D eigenvalue weighted by molar-refractivity contribution is 5.96. The molecule has 5 heteroatoms. The van der Waals surface area contributed by atoms with E-state index in [1.54, 1.807) is 31.4 Å². The molecule has 104 valence electrons. The van der Waals surface area contributed by atoms with Crippen LogP contribution in [0.3, 0.4) is 0 Å². The first-order valence-corrected chi connectivity index (χ1v) is 6.26. The Labute approximate surface area is 112 Å². The summed E-state index contributed by atoms with van der Waals surface area (Å²) in [6, 6.07) is 5.70. The van der Waals surface area contributed by atoms with Crippen molar-refractivity contribution in [2.45, 2.75) is 32.2 Å². The number of unbranched alkanes of at least 4 members (excludes halogenated alkanes) is 1. The number of carbonyl (C=O) groups is 2. The molecule has 0 fully saturated rings. The van der Waals surface area contributed by atoms with E-state index in [9.17, 15) is 9.59 Å². The normalized spacial score (nSPS) is 11.7. The highest BCUT2D eigenvalue weighted by atomic mass is 16.5. The molecule has 0 radical (unpaired) electrons. The maximum atomic E-state index is 11.9. The lowest BCUT2D eigenvalue weighted by Gasteiger charge is -2.14. The van der Waals surface area contributed by atoms with Crippen molar-refractivity contribution < 1.29 is 19.4 Å². The van der Waals surface area contributed by atoms with E-state index in [2.05, 4.69) is 5.32 Å². The lowest BCUT2D eigenvalue weighted by molar-refractivity contribution is -0.139. The standard InChI is InChI=1S/C14H19NO4/c1-3-4-5-12(14(17)18)15-13(16)10-6-8-11(19-2)9-7-10/h6-9,12H,3-5H2,1-2H3,(H,15,16)(H,17,18)/t12-/m0/s1. The van der Waals surface area contributed by atoms with Crippen molar-refractivity contribution in [3.05, 3.63) is 29.8 Å². The first-order chi connectivity index (χ1) is 9.08. The third kappa shape index (κ3) is 4.62. The number of aliphatic carboxylic acids is 1. The minimum absolute atomic E-state index is 0.383. The van der Waals surface area contributed by atoms with Gasteiger partial charge in [-0.1, -0.05) is 19.8 Å². The zero-order valence-electron chi connectivity index (χ0n) is 11.2. The van der Waals surface area contributed by atoms with E-state index >= 15 is 0 Å². The van der Waals surface area contributed by atoms with Gasteiger partial charge in [0.1, 0.15) is 11.8 Å². The van der Waals surface area contributed by atoms with Gasteiger partial charge in [-0.25, -0.2) is 4.79 Å². The molecule has 0 aliphatic carbocycles. The Morgan fingerprint density at radius 1 is 1.32 bits per heavy atom. The van der Waals surface area contributed by atoms with Crippen molar-refractivity contribution in [1.29, 1.82) is 0 Å². The average molecular weight is 265 g/mol. The van der Waals surface area contributed by atoms with E-state index in [1.807, 2.05) is 6.92 Å². The molecule has 2 N–H and O–H groups in total. The lowest BCUT2D eigenvalue weighted by atomic mass is 10.1. The summed E-state index contributed by atoms with van der Waals surface area (Å²) in [5.41, 5.74) is 0.420. The Morgan fingerprint density at radius 3 is 2.42 bits per heavy atom. The molecule has 0 bridgehead atoms. The summed E-state index contributed by atoms with van der Waals surface area (Å²) in [5, 5.41) is 11.6. The van der Waals surface area contributed by atoms with Crippen LogP contribution in [0.5, 0.6) is 5.75 Å². The molecule has 0 heterocycles. The fourth-order valence-corrected chi connectivity index (χ4v) is 1.65. The molecule has 0 aliphatic rings. The summed E-state index contributed by atoms with van der Waals surface area (Å²) in [5.74, 6) is -0.737. The van der Waals surface area contributed by atoms with Gasteiger partial charge in [-0.3, -0.25) is 4.79 Å². The monoisotopic (exact) mass is 265 g/mol. The van der Waals surface area contributed by atoms with Crippen molar-refractivity contribution in [3.8, 4) is 5.75 Å². The van der Waals surface area contributed by atoms with Crippen LogP contribution in [0, 0.1) is 0 Å². The van der Waals surface area contributed by atoms with Crippen molar-refractivity contribution in [2.24, 2.45) is 0 Å². The number of hydrogen-bond donors (Lipinski definition) is 2. The van der Waals surface area contributed by atoms with Crippen LogP contribution in [-0.4, -0.2) is 30.1 Å². The highest BCUT2D eigenvalue weighted by Crippen LogP contribution is 2.11. The van der Waals surface area contributed by atoms with E-state index in [0.717, 1.165) is 12.8 Å². The Kier molecular flexibility index (Phi) is 5.85. The Bertz CT molecular complexity index is 428. The third-order valence-electron chi connectivity index (χ3n) is 2.80. The second-order valence-corrected chi connectivity index (χ2v) is 4.24. The number of hydrogen-bond acceptors (Lipinski definition) is 3. The molecule has 1 rings (SSSR count). The summed E-state index contributed by atoms with van der Waals surface area (Å²) < 4.78 is 5.00. The summed E-state index contributed by atoms with van der Waals surface area (Å²) in [6.07, 6.45) is 2.09. The number of rotatable bonds is 7. The van der Waals surface area contributed by atoms with Gasteiger partial charge in [0.15, 0.2) is 0 Å². The SMILES string of the molecule is CCCC[C@H](NC(=O)c1ccc(OC)cc1)C(=O)O. The van der Waals surface area contributed by atoms with Gasteiger partial charge >= 0.3 is 5.97 Å². The van der Waals surface area contributed by atoms with Crippen LogP contribution in [0.25, 0.3) is 0 Å². The number of benzene rings is 1. The maximum absolute atomic E-state index is 11.9. The highest BCUT2D eigenvalue weighted by Gasteiger charge is 2.19. The predicted octanol–water partition coefficient (Wildman–Crippen LogP) is 2.07. The lowest BCUT2D eigenvalue weighted by Crippen LogP contribution is -2.40. The van der Waals surface area contributed by atoms with Crippen LogP contribution < -0.4 is 10.1 Å². The second kappa shape index (κ2) is 7.41. The van der Waals surface area contributed by atoms with Crippen LogP contribution in [0.15, 0.2) is 24.3 Å². The van der Waals surface area contributed by atoms with E-state index in [4.69, 9.17) is 9.84 Å². The number of methoxy groups -OCH3 is 1. The zero-order valence-corrected chi connectivity index (χ0v) is 11.2. The molecule has 19 heavy (non-hydrogen) atoms. The van der Waals surface area contributed by atoms with Crippen LogP contribution in [0.4, 0.5) is 0 Å². The Morgan fingerprint density at radius 2 is 1.95 bits per heavy atom.